The summed E-state index contributed by atoms with van der Waals surface area (Å²) in [5.74, 6) is -5.53. The van der Waals surface area contributed by atoms with Crippen LogP contribution in [0.1, 0.15) is 113 Å². The minimum atomic E-state index is -1.03. The number of halogens is 2. The second-order valence-electron chi connectivity index (χ2n) is 22.4. The van der Waals surface area contributed by atoms with Gasteiger partial charge in [-0.25, -0.2) is 0 Å². The van der Waals surface area contributed by atoms with Gasteiger partial charge in [0.15, 0.2) is 34.6 Å². The van der Waals surface area contributed by atoms with Crippen LogP contribution in [0.25, 0.3) is 0 Å². The lowest BCUT2D eigenvalue weighted by Gasteiger charge is -2.36. The fourth-order valence-electron chi connectivity index (χ4n) is 9.52. The smallest absolute Gasteiger partial charge is 0.246 e. The number of likely N-dealkylation sites (tertiary alicyclic amines) is 2. The molecule has 0 aromatic heterocycles. The summed E-state index contributed by atoms with van der Waals surface area (Å²) in [6, 6.07) is 9.66. The molecule has 2 aliphatic heterocycles. The van der Waals surface area contributed by atoms with Crippen molar-refractivity contribution in [3.63, 3.8) is 0 Å². The van der Waals surface area contributed by atoms with E-state index in [4.69, 9.17) is 0 Å². The summed E-state index contributed by atoms with van der Waals surface area (Å²) in [6.07, 6.45) is 0.697. The van der Waals surface area contributed by atoms with E-state index in [-0.39, 0.29) is 122 Å². The number of aromatic hydroxyl groups is 4. The molecule has 0 bridgehead atoms. The Bertz CT molecular complexity index is 2470. The Balaban J connectivity index is 0.00000800. The van der Waals surface area contributed by atoms with Crippen LogP contribution < -0.4 is 31.9 Å². The van der Waals surface area contributed by atoms with Crippen LogP contribution in [0.4, 0.5) is 0 Å². The molecule has 6 amide bonds. The van der Waals surface area contributed by atoms with Crippen molar-refractivity contribution in [2.24, 2.45) is 22.7 Å². The van der Waals surface area contributed by atoms with E-state index >= 15 is 0 Å². The molecule has 20 nitrogen and oxygen atoms in total. The van der Waals surface area contributed by atoms with E-state index in [2.05, 4.69) is 31.9 Å². The number of ketones is 2. The van der Waals surface area contributed by atoms with Gasteiger partial charge in [0.2, 0.25) is 35.4 Å². The SMILES string of the molecule is CN[C@@H](C)C(=O)N[C@H](C(=O)N1C[C@@H](CC(=O)c2cccc(C(=O)C[C@H]3C[C@@H](C(=O)NCCc4ccc(O)c(O)c4)N(C(=O)[C@@H](NC(=O)[C@H](C)NC)C(C)(C)C)C3)c2)C[C@H]1C(=O)NCCc1ccc(O)c(O)c1)C(C)(C)C.Cl.Cl. The summed E-state index contributed by atoms with van der Waals surface area (Å²) >= 11 is 0. The van der Waals surface area contributed by atoms with E-state index in [9.17, 15) is 58.8 Å². The largest absolute Gasteiger partial charge is 0.504 e. The molecule has 2 saturated heterocycles. The summed E-state index contributed by atoms with van der Waals surface area (Å²) in [5, 5.41) is 56.6. The average Bonchev–Trinajstić information content (AvgIpc) is 4.00. The Morgan fingerprint density at radius 3 is 1.23 bits per heavy atom. The Morgan fingerprint density at radius 2 is 0.910 bits per heavy atom. The molecule has 2 aliphatic rings. The van der Waals surface area contributed by atoms with Gasteiger partial charge in [-0.05, 0) is 118 Å². The molecule has 10 N–H and O–H groups in total. The van der Waals surface area contributed by atoms with Gasteiger partial charge in [-0.15, -0.1) is 24.8 Å². The lowest BCUT2D eigenvalue weighted by molar-refractivity contribution is -0.144. The summed E-state index contributed by atoms with van der Waals surface area (Å²) in [4.78, 5) is 114. The third kappa shape index (κ3) is 17.3. The first-order chi connectivity index (χ1) is 35.6. The van der Waals surface area contributed by atoms with Crippen molar-refractivity contribution in [3.8, 4) is 23.0 Å². The molecule has 0 spiro atoms. The standard InChI is InChI=1S/C56H78N8O12.2ClH/c1-31(57-9)49(71)61-47(55(3,4)5)53(75)63-29-35(22-39(63)51(73)59-20-18-33-14-16-41(65)45(69)24-33)26-43(67)37-12-11-13-38(28-37)44(68)27-36-23-40(52(74)60-21-19-34-15-17-42(66)46(70)25-34)64(30-36)54(76)48(56(6,7)8)62-50(72)32(2)58-10;;/h11-17,24-25,28,31-32,35-36,39-40,47-48,57-58,65-66,69-70H,18-23,26-27,29-30H2,1-10H3,(H,59,73)(H,60,74)(H,61,71)(H,62,72);2*1H/t31-,32-,35+,36+,39-,40-,47+,48+;;/m0../s1. The first-order valence-corrected chi connectivity index (χ1v) is 25.9. The zero-order valence-corrected chi connectivity index (χ0v) is 47.9. The fraction of sp³-hybridized carbons (Fsp3) is 0.536. The third-order valence-electron chi connectivity index (χ3n) is 14.4. The van der Waals surface area contributed by atoms with Gasteiger partial charge < -0.3 is 62.1 Å². The van der Waals surface area contributed by atoms with Crippen molar-refractivity contribution < 1.29 is 58.8 Å². The van der Waals surface area contributed by atoms with E-state index in [1.165, 1.54) is 40.1 Å². The predicted molar refractivity (Wildman–Crippen MR) is 299 cm³/mol. The number of hydrogen-bond donors (Lipinski definition) is 10. The van der Waals surface area contributed by atoms with Crippen LogP contribution in [-0.2, 0) is 41.6 Å². The summed E-state index contributed by atoms with van der Waals surface area (Å²) < 4.78 is 0. The zero-order chi connectivity index (χ0) is 56.4. The van der Waals surface area contributed by atoms with Crippen molar-refractivity contribution in [1.29, 1.82) is 0 Å². The van der Waals surface area contributed by atoms with Crippen LogP contribution in [0, 0.1) is 22.7 Å². The van der Waals surface area contributed by atoms with Crippen LogP contribution in [0.3, 0.4) is 0 Å². The number of carbonyl (C=O) groups excluding carboxylic acids is 8. The number of Topliss-reactive ketones (excluding diaryl/α,β-unsaturated/α-hetero) is 2. The average molecular weight is 1130 g/mol. The number of benzene rings is 3. The van der Waals surface area contributed by atoms with Gasteiger partial charge in [-0.3, -0.25) is 38.4 Å². The maximum absolute atomic E-state index is 14.5. The highest BCUT2D eigenvalue weighted by Crippen LogP contribution is 2.34. The number of rotatable bonds is 22. The van der Waals surface area contributed by atoms with Gasteiger partial charge in [-0.1, -0.05) is 71.9 Å². The highest BCUT2D eigenvalue weighted by atomic mass is 35.5. The van der Waals surface area contributed by atoms with Crippen LogP contribution in [0.5, 0.6) is 23.0 Å². The molecule has 8 atom stereocenters. The summed E-state index contributed by atoms with van der Waals surface area (Å²) in [6.45, 7) is 14.5. The van der Waals surface area contributed by atoms with Crippen LogP contribution in [-0.4, -0.2) is 154 Å². The lowest BCUT2D eigenvalue weighted by atomic mass is 9.85. The maximum atomic E-state index is 14.5. The second kappa shape index (κ2) is 28.4. The van der Waals surface area contributed by atoms with Gasteiger partial charge in [0.25, 0.3) is 0 Å². The molecule has 5 rings (SSSR count). The van der Waals surface area contributed by atoms with E-state index in [1.54, 1.807) is 99.8 Å². The maximum Gasteiger partial charge on any atom is 0.246 e. The first-order valence-electron chi connectivity index (χ1n) is 25.9. The van der Waals surface area contributed by atoms with Gasteiger partial charge in [0.05, 0.1) is 12.1 Å². The third-order valence-corrected chi connectivity index (χ3v) is 14.4. The van der Waals surface area contributed by atoms with Crippen LogP contribution >= 0.6 is 24.8 Å². The molecule has 3 aromatic rings. The van der Waals surface area contributed by atoms with Gasteiger partial charge in [0, 0.05) is 50.1 Å². The quantitative estimate of drug-likeness (QED) is 0.0504. The molecule has 0 unspecified atom stereocenters. The molecule has 0 aliphatic carbocycles. The fourth-order valence-corrected chi connectivity index (χ4v) is 9.52. The zero-order valence-electron chi connectivity index (χ0n) is 46.2. The predicted octanol–water partition coefficient (Wildman–Crippen LogP) is 3.93. The molecule has 430 valence electrons. The number of phenols is 4. The summed E-state index contributed by atoms with van der Waals surface area (Å²) in [5.41, 5.74) is 0.210. The Morgan fingerprint density at radius 1 is 0.551 bits per heavy atom. The topological polar surface area (TPSA) is 296 Å². The number of carbonyl (C=O) groups is 8. The van der Waals surface area contributed by atoms with Gasteiger partial charge in [-0.2, -0.15) is 0 Å². The van der Waals surface area contributed by atoms with Gasteiger partial charge in [0.1, 0.15) is 24.2 Å². The molecule has 0 saturated carbocycles. The Kier molecular flexibility index (Phi) is 24.0. The number of amides is 6. The number of hydrogen-bond acceptors (Lipinski definition) is 14. The number of nitrogens with zero attached hydrogens (tertiary/aromatic N) is 2. The molecular weight excluding hydrogens is 1050 g/mol. The Hall–Kier alpha value is -6.48. The molecular formula is C56H80Cl2N8O12. The van der Waals surface area contributed by atoms with E-state index in [1.807, 2.05) is 0 Å². The Labute approximate surface area is 469 Å². The highest BCUT2D eigenvalue weighted by Gasteiger charge is 2.47. The normalized spacial score (nSPS) is 18.7. The second-order valence-corrected chi connectivity index (χ2v) is 22.4. The van der Waals surface area contributed by atoms with Gasteiger partial charge >= 0.3 is 0 Å². The minimum Gasteiger partial charge on any atom is -0.504 e. The van der Waals surface area contributed by atoms with Crippen molar-refractivity contribution in [3.05, 3.63) is 82.9 Å². The molecule has 22 heteroatoms. The number of likely N-dealkylation sites (N-methyl/N-ethyl adjacent to an activating group) is 2. The minimum absolute atomic E-state index is 0. The molecule has 3 aromatic carbocycles. The van der Waals surface area contributed by atoms with Crippen molar-refractivity contribution in [2.75, 3.05) is 40.3 Å². The lowest BCUT2D eigenvalue weighted by Crippen LogP contribution is -2.59. The molecule has 2 heterocycles. The molecule has 0 radical (unpaired) electrons. The monoisotopic (exact) mass is 1130 g/mol. The van der Waals surface area contributed by atoms with Crippen LogP contribution in [0.2, 0.25) is 0 Å². The first kappa shape index (κ1) is 65.8. The number of phenolic OH excluding ortho intramolecular Hbond substituents is 4. The van der Waals surface area contributed by atoms with E-state index in [0.29, 0.717) is 24.0 Å². The highest BCUT2D eigenvalue weighted by molar-refractivity contribution is 6.02. The molecule has 2 fully saturated rings. The van der Waals surface area contributed by atoms with Crippen molar-refractivity contribution in [2.45, 2.75) is 130 Å². The van der Waals surface area contributed by atoms with E-state index in [0.717, 1.165) is 0 Å². The van der Waals surface area contributed by atoms with Crippen molar-refractivity contribution in [1.82, 2.24) is 41.7 Å². The molecule has 78 heavy (non-hydrogen) atoms. The van der Waals surface area contributed by atoms with Crippen molar-refractivity contribution >= 4 is 71.8 Å². The van der Waals surface area contributed by atoms with E-state index < -0.39 is 94.4 Å². The number of nitrogens with one attached hydrogen (secondary N) is 6. The summed E-state index contributed by atoms with van der Waals surface area (Å²) in [7, 11) is 3.24. The van der Waals surface area contributed by atoms with Crippen LogP contribution in [0.15, 0.2) is 60.7 Å².